The van der Waals surface area contributed by atoms with Gasteiger partial charge in [0, 0.05) is 28.5 Å². The van der Waals surface area contributed by atoms with Crippen LogP contribution in [0.15, 0.2) is 42.6 Å². The molecule has 0 spiro atoms. The number of rotatable bonds is 1. The van der Waals surface area contributed by atoms with Crippen LogP contribution >= 0.6 is 11.6 Å². The maximum absolute atomic E-state index is 5.90. The van der Waals surface area contributed by atoms with E-state index in [4.69, 9.17) is 17.3 Å². The smallest absolute Gasteiger partial charge is 0.182 e. The third-order valence-corrected chi connectivity index (χ3v) is 2.68. The Labute approximate surface area is 103 Å². The quantitative estimate of drug-likeness (QED) is 0.670. The molecule has 17 heavy (non-hydrogen) atoms. The van der Waals surface area contributed by atoms with E-state index in [0.717, 1.165) is 11.2 Å². The molecule has 0 atom stereocenters. The zero-order valence-corrected chi connectivity index (χ0v) is 9.59. The van der Waals surface area contributed by atoms with Crippen molar-refractivity contribution in [3.63, 3.8) is 0 Å². The number of benzene rings is 1. The van der Waals surface area contributed by atoms with Crippen molar-refractivity contribution in [1.82, 2.24) is 14.6 Å². The molecule has 0 saturated heterocycles. The van der Waals surface area contributed by atoms with Crippen LogP contribution < -0.4 is 5.73 Å². The Balaban J connectivity index is 2.18. The first-order valence-electron chi connectivity index (χ1n) is 5.10. The molecule has 0 radical (unpaired) electrons. The molecule has 1 aromatic carbocycles. The molecule has 2 aromatic heterocycles. The molecule has 2 N–H and O–H groups in total. The molecular weight excluding hydrogens is 236 g/mol. The van der Waals surface area contributed by atoms with Crippen LogP contribution in [-0.4, -0.2) is 14.6 Å². The van der Waals surface area contributed by atoms with Gasteiger partial charge in [0.15, 0.2) is 11.5 Å². The number of fused-ring (bicyclic) bond motifs is 1. The van der Waals surface area contributed by atoms with Gasteiger partial charge in [-0.1, -0.05) is 23.7 Å². The molecule has 3 aromatic rings. The molecule has 0 aliphatic rings. The molecule has 0 aliphatic heterocycles. The van der Waals surface area contributed by atoms with E-state index in [9.17, 15) is 0 Å². The second-order valence-electron chi connectivity index (χ2n) is 3.71. The van der Waals surface area contributed by atoms with Crippen LogP contribution in [0.1, 0.15) is 0 Å². The summed E-state index contributed by atoms with van der Waals surface area (Å²) in [6, 6.07) is 11.0. The third-order valence-electron chi connectivity index (χ3n) is 2.44. The summed E-state index contributed by atoms with van der Waals surface area (Å²) in [5.74, 6) is 0.638. The van der Waals surface area contributed by atoms with Gasteiger partial charge < -0.3 is 5.73 Å². The van der Waals surface area contributed by atoms with Crippen LogP contribution in [0.25, 0.3) is 17.0 Å². The fourth-order valence-electron chi connectivity index (χ4n) is 1.66. The van der Waals surface area contributed by atoms with Gasteiger partial charge in [-0.05, 0) is 18.2 Å². The van der Waals surface area contributed by atoms with E-state index in [1.807, 2.05) is 24.3 Å². The minimum Gasteiger partial charge on any atom is -0.399 e. The number of halogens is 1. The van der Waals surface area contributed by atoms with Gasteiger partial charge in [0.1, 0.15) is 0 Å². The molecule has 4 nitrogen and oxygen atoms in total. The van der Waals surface area contributed by atoms with Crippen molar-refractivity contribution in [2.45, 2.75) is 0 Å². The van der Waals surface area contributed by atoms with Gasteiger partial charge in [-0.3, -0.25) is 0 Å². The first-order chi connectivity index (χ1) is 8.22. The van der Waals surface area contributed by atoms with Crippen molar-refractivity contribution in [2.24, 2.45) is 0 Å². The minimum atomic E-state index is 0.638. The average molecular weight is 245 g/mol. The lowest BCUT2D eigenvalue weighted by Gasteiger charge is -1.95. The Morgan fingerprint density at radius 1 is 1.18 bits per heavy atom. The summed E-state index contributed by atoms with van der Waals surface area (Å²) < 4.78 is 1.68. The van der Waals surface area contributed by atoms with Crippen LogP contribution in [-0.2, 0) is 0 Å². The van der Waals surface area contributed by atoms with E-state index in [2.05, 4.69) is 10.1 Å². The normalized spacial score (nSPS) is 10.9. The molecule has 5 heteroatoms. The number of pyridine rings is 1. The zero-order valence-electron chi connectivity index (χ0n) is 8.84. The Kier molecular flexibility index (Phi) is 2.23. The van der Waals surface area contributed by atoms with Crippen LogP contribution in [0.3, 0.4) is 0 Å². The van der Waals surface area contributed by atoms with Gasteiger partial charge >= 0.3 is 0 Å². The Morgan fingerprint density at radius 3 is 2.88 bits per heavy atom. The first kappa shape index (κ1) is 10.1. The van der Waals surface area contributed by atoms with Crippen molar-refractivity contribution >= 4 is 22.9 Å². The summed E-state index contributed by atoms with van der Waals surface area (Å²) in [4.78, 5) is 4.40. The highest BCUT2D eigenvalue weighted by Gasteiger charge is 2.06. The Hall–Kier alpha value is -2.07. The van der Waals surface area contributed by atoms with Crippen molar-refractivity contribution in [3.8, 4) is 11.4 Å². The van der Waals surface area contributed by atoms with Crippen LogP contribution in [0.2, 0.25) is 5.02 Å². The minimum absolute atomic E-state index is 0.638. The summed E-state index contributed by atoms with van der Waals surface area (Å²) in [7, 11) is 0. The van der Waals surface area contributed by atoms with E-state index >= 15 is 0 Å². The standard InChI is InChI=1S/C12H9ClN4/c13-9-4-5-17-11(7-9)15-12(16-17)8-2-1-3-10(14)6-8/h1-7H,14H2. The summed E-state index contributed by atoms with van der Waals surface area (Å²) in [5, 5.41) is 5.00. The highest BCUT2D eigenvalue weighted by atomic mass is 35.5. The SMILES string of the molecule is Nc1cccc(-c2nc3cc(Cl)ccn3n2)c1. The molecule has 0 unspecified atom stereocenters. The summed E-state index contributed by atoms with van der Waals surface area (Å²) in [6.45, 7) is 0. The van der Waals surface area contributed by atoms with Crippen molar-refractivity contribution < 1.29 is 0 Å². The number of anilines is 1. The monoisotopic (exact) mass is 244 g/mol. The summed E-state index contributed by atoms with van der Waals surface area (Å²) in [5.41, 5.74) is 8.04. The Bertz CT molecular complexity index is 690. The van der Waals surface area contributed by atoms with Crippen LogP contribution in [0, 0.1) is 0 Å². The van der Waals surface area contributed by atoms with E-state index in [-0.39, 0.29) is 0 Å². The number of nitrogens with zero attached hydrogens (tertiary/aromatic N) is 3. The molecule has 0 fully saturated rings. The molecule has 2 heterocycles. The van der Waals surface area contributed by atoms with E-state index < -0.39 is 0 Å². The van der Waals surface area contributed by atoms with E-state index in [1.165, 1.54) is 0 Å². The predicted molar refractivity (Wildman–Crippen MR) is 67.8 cm³/mol. The number of aromatic nitrogens is 3. The molecule has 0 saturated carbocycles. The average Bonchev–Trinajstić information content (AvgIpc) is 2.72. The number of nitrogen functional groups attached to an aromatic ring is 1. The number of hydrogen-bond donors (Lipinski definition) is 1. The predicted octanol–water partition coefficient (Wildman–Crippen LogP) is 2.63. The fourth-order valence-corrected chi connectivity index (χ4v) is 1.81. The molecule has 0 bridgehead atoms. The molecule has 0 aliphatic carbocycles. The highest BCUT2D eigenvalue weighted by molar-refractivity contribution is 6.30. The molecular formula is C12H9ClN4. The first-order valence-corrected chi connectivity index (χ1v) is 5.48. The number of hydrogen-bond acceptors (Lipinski definition) is 3. The van der Waals surface area contributed by atoms with Crippen LogP contribution in [0.5, 0.6) is 0 Å². The molecule has 84 valence electrons. The van der Waals surface area contributed by atoms with Crippen LogP contribution in [0.4, 0.5) is 5.69 Å². The summed E-state index contributed by atoms with van der Waals surface area (Å²) in [6.07, 6.45) is 1.78. The topological polar surface area (TPSA) is 56.2 Å². The lowest BCUT2D eigenvalue weighted by atomic mass is 10.2. The third kappa shape index (κ3) is 1.83. The Morgan fingerprint density at radius 2 is 2.06 bits per heavy atom. The van der Waals surface area contributed by atoms with Gasteiger partial charge in [0.25, 0.3) is 0 Å². The maximum Gasteiger partial charge on any atom is 0.182 e. The summed E-state index contributed by atoms with van der Waals surface area (Å²) >= 11 is 5.90. The van der Waals surface area contributed by atoms with Crippen molar-refractivity contribution in [2.75, 3.05) is 5.73 Å². The van der Waals surface area contributed by atoms with Gasteiger partial charge in [-0.2, -0.15) is 0 Å². The van der Waals surface area contributed by atoms with E-state index in [1.54, 1.807) is 22.8 Å². The van der Waals surface area contributed by atoms with Gasteiger partial charge in [0.05, 0.1) is 0 Å². The van der Waals surface area contributed by atoms with Crippen molar-refractivity contribution in [1.29, 1.82) is 0 Å². The zero-order chi connectivity index (χ0) is 11.8. The van der Waals surface area contributed by atoms with Gasteiger partial charge in [-0.25, -0.2) is 9.50 Å². The van der Waals surface area contributed by atoms with Crippen molar-refractivity contribution in [3.05, 3.63) is 47.6 Å². The highest BCUT2D eigenvalue weighted by Crippen LogP contribution is 2.19. The lowest BCUT2D eigenvalue weighted by molar-refractivity contribution is 0.966. The van der Waals surface area contributed by atoms with Gasteiger partial charge in [0.2, 0.25) is 0 Å². The second kappa shape index (κ2) is 3.75. The largest absolute Gasteiger partial charge is 0.399 e. The fraction of sp³-hybridized carbons (Fsp3) is 0. The van der Waals surface area contributed by atoms with Gasteiger partial charge in [-0.15, -0.1) is 5.10 Å². The lowest BCUT2D eigenvalue weighted by Crippen LogP contribution is -1.87. The second-order valence-corrected chi connectivity index (χ2v) is 4.15. The maximum atomic E-state index is 5.90. The number of nitrogens with two attached hydrogens (primary N) is 1. The van der Waals surface area contributed by atoms with E-state index in [0.29, 0.717) is 16.5 Å². The molecule has 3 rings (SSSR count). The molecule has 0 amide bonds.